The number of fused-ring (bicyclic) bond motifs is 3. The van der Waals surface area contributed by atoms with Crippen molar-refractivity contribution in [2.24, 2.45) is 0 Å². The lowest BCUT2D eigenvalue weighted by Crippen LogP contribution is -2.46. The third kappa shape index (κ3) is 5.44. The summed E-state index contributed by atoms with van der Waals surface area (Å²) >= 11 is 14.1. The van der Waals surface area contributed by atoms with E-state index in [-0.39, 0.29) is 46.4 Å². The van der Waals surface area contributed by atoms with Crippen LogP contribution in [0.2, 0.25) is 10.0 Å². The first-order chi connectivity index (χ1) is 21.0. The number of hydrogen-bond donors (Lipinski definition) is 1. The molecular formula is C29H25Cl2FN4O6S2. The molecule has 44 heavy (non-hydrogen) atoms. The predicted molar refractivity (Wildman–Crippen MR) is 164 cm³/mol. The van der Waals surface area contributed by atoms with E-state index in [1.165, 1.54) is 17.4 Å². The fourth-order valence-corrected chi connectivity index (χ4v) is 8.40. The Labute approximate surface area is 265 Å². The number of rotatable bonds is 7. The highest BCUT2D eigenvalue weighted by molar-refractivity contribution is 7.89. The first-order valence-electron chi connectivity index (χ1n) is 14.0. The van der Waals surface area contributed by atoms with Crippen molar-refractivity contribution < 1.29 is 31.7 Å². The van der Waals surface area contributed by atoms with Crippen LogP contribution < -0.4 is 9.62 Å². The predicted octanol–water partition coefficient (Wildman–Crippen LogP) is 6.32. The first-order valence-corrected chi connectivity index (χ1v) is 17.5. The molecule has 0 unspecified atom stereocenters. The summed E-state index contributed by atoms with van der Waals surface area (Å²) in [6.45, 7) is 0. The smallest absolute Gasteiger partial charge is 0.344 e. The summed E-state index contributed by atoms with van der Waals surface area (Å²) in [6, 6.07) is 7.50. The van der Waals surface area contributed by atoms with Gasteiger partial charge in [-0.15, -0.1) is 0 Å². The molecule has 2 aromatic heterocycles. The molecule has 1 amide bonds. The number of thiazole rings is 1. The number of ether oxygens (including phenoxy) is 1. The van der Waals surface area contributed by atoms with E-state index < -0.39 is 27.7 Å². The van der Waals surface area contributed by atoms with Gasteiger partial charge in [-0.1, -0.05) is 45.8 Å². The molecule has 3 fully saturated rings. The van der Waals surface area contributed by atoms with Crippen LogP contribution in [-0.2, 0) is 14.8 Å². The van der Waals surface area contributed by atoms with Gasteiger partial charge < -0.3 is 14.2 Å². The molecule has 4 heterocycles. The van der Waals surface area contributed by atoms with Gasteiger partial charge in [0.25, 0.3) is 5.91 Å². The molecule has 2 aliphatic heterocycles. The quantitative estimate of drug-likeness (QED) is 0.223. The molecule has 2 bridgehead atoms. The topological polar surface area (TPSA) is 132 Å². The monoisotopic (exact) mass is 678 g/mol. The maximum absolute atomic E-state index is 15.0. The number of carbonyl (C=O) groups excluding carboxylic acids is 2. The van der Waals surface area contributed by atoms with Crippen LogP contribution in [0.15, 0.2) is 34.9 Å². The van der Waals surface area contributed by atoms with Gasteiger partial charge in [0.2, 0.25) is 10.0 Å². The zero-order valence-corrected chi connectivity index (χ0v) is 26.3. The normalized spacial score (nSPS) is 21.5. The van der Waals surface area contributed by atoms with Gasteiger partial charge >= 0.3 is 5.97 Å². The summed E-state index contributed by atoms with van der Waals surface area (Å²) in [4.78, 5) is 32.7. The number of halogens is 3. The van der Waals surface area contributed by atoms with Crippen LogP contribution in [0.3, 0.4) is 0 Å². The fraction of sp³-hybridized carbons (Fsp3) is 0.379. The largest absolute Gasteiger partial charge is 0.458 e. The summed E-state index contributed by atoms with van der Waals surface area (Å²) < 4.78 is 52.0. The number of aromatic nitrogens is 2. The maximum Gasteiger partial charge on any atom is 0.344 e. The van der Waals surface area contributed by atoms with Crippen LogP contribution >= 0.6 is 34.5 Å². The number of piperidine rings is 1. The maximum atomic E-state index is 15.0. The van der Waals surface area contributed by atoms with Crippen molar-refractivity contribution in [3.05, 3.63) is 63.1 Å². The number of anilines is 1. The summed E-state index contributed by atoms with van der Waals surface area (Å²) in [5.74, 6) is -1.57. The molecule has 15 heteroatoms. The highest BCUT2D eigenvalue weighted by Gasteiger charge is 2.45. The van der Waals surface area contributed by atoms with Crippen molar-refractivity contribution in [3.8, 4) is 11.3 Å². The van der Waals surface area contributed by atoms with E-state index in [0.717, 1.165) is 38.0 Å². The second-order valence-electron chi connectivity index (χ2n) is 11.4. The molecule has 7 rings (SSSR count). The molecule has 2 saturated heterocycles. The Balaban J connectivity index is 1.12. The minimum atomic E-state index is -3.81. The van der Waals surface area contributed by atoms with Crippen LogP contribution in [0.4, 0.5) is 9.52 Å². The van der Waals surface area contributed by atoms with Crippen LogP contribution in [0.25, 0.3) is 21.5 Å². The fourth-order valence-electron chi connectivity index (χ4n) is 6.21. The highest BCUT2D eigenvalue weighted by Crippen LogP contribution is 2.47. The zero-order valence-electron chi connectivity index (χ0n) is 23.2. The van der Waals surface area contributed by atoms with Crippen LogP contribution in [0, 0.1) is 5.82 Å². The lowest BCUT2D eigenvalue weighted by Gasteiger charge is -2.38. The van der Waals surface area contributed by atoms with Gasteiger partial charge in [0.05, 0.1) is 21.0 Å². The highest BCUT2D eigenvalue weighted by atomic mass is 35.5. The first kappa shape index (κ1) is 29.5. The van der Waals surface area contributed by atoms with Crippen molar-refractivity contribution in [1.29, 1.82) is 0 Å². The van der Waals surface area contributed by atoms with Gasteiger partial charge in [0.1, 0.15) is 22.9 Å². The molecule has 230 valence electrons. The van der Waals surface area contributed by atoms with Gasteiger partial charge in [-0.05, 0) is 49.9 Å². The molecule has 4 aromatic rings. The van der Waals surface area contributed by atoms with Crippen molar-refractivity contribution in [1.82, 2.24) is 14.9 Å². The molecule has 3 atom stereocenters. The third-order valence-electron chi connectivity index (χ3n) is 8.23. The number of esters is 1. The Morgan fingerprint density at radius 1 is 1.11 bits per heavy atom. The van der Waals surface area contributed by atoms with Crippen LogP contribution in [0.1, 0.15) is 70.9 Å². The zero-order chi connectivity index (χ0) is 30.9. The SMILES string of the molecule is CS(=O)(=O)NC(=O)c1cc(F)c2nc(N3[C@@H]4CC[C@H]3C[C@H](OC(=O)c3c(-c5c(Cl)cccc5Cl)noc3C3CC3)C4)sc2c1. The van der Waals surface area contributed by atoms with Crippen molar-refractivity contribution in [2.75, 3.05) is 11.2 Å². The molecule has 0 radical (unpaired) electrons. The Bertz CT molecular complexity index is 1910. The average molecular weight is 680 g/mol. The van der Waals surface area contributed by atoms with E-state index in [0.29, 0.717) is 44.0 Å². The molecule has 10 nitrogen and oxygen atoms in total. The third-order valence-corrected chi connectivity index (χ3v) is 10.4. The van der Waals surface area contributed by atoms with E-state index in [1.54, 1.807) is 18.2 Å². The Morgan fingerprint density at radius 2 is 1.80 bits per heavy atom. The molecular weight excluding hydrogens is 654 g/mol. The van der Waals surface area contributed by atoms with Crippen molar-refractivity contribution >= 4 is 71.8 Å². The Morgan fingerprint density at radius 3 is 2.43 bits per heavy atom. The lowest BCUT2D eigenvalue weighted by molar-refractivity contribution is 0.0202. The van der Waals surface area contributed by atoms with E-state index in [1.807, 2.05) is 4.72 Å². The lowest BCUT2D eigenvalue weighted by atomic mass is 9.99. The molecule has 3 aliphatic rings. The van der Waals surface area contributed by atoms with Crippen molar-refractivity contribution in [3.63, 3.8) is 0 Å². The summed E-state index contributed by atoms with van der Waals surface area (Å²) in [5.41, 5.74) is 0.956. The number of hydrogen-bond acceptors (Lipinski definition) is 10. The van der Waals surface area contributed by atoms with E-state index in [4.69, 9.17) is 32.5 Å². The Hall–Kier alpha value is -3.26. The standard InChI is InChI=1S/C29H25Cl2FN4O6S2/c1-44(39,40)35-27(37)14-9-20(32)24-21(10-14)43-29(33-24)36-15-7-8-16(36)12-17(11-15)41-28(38)23-25(34-42-26(23)13-5-6-13)22-18(30)3-2-4-19(22)31/h2-4,9-10,13,15-17H,5-8,11-12H2,1H3,(H,35,37)/t15-,16+,17-. The van der Waals surface area contributed by atoms with E-state index in [9.17, 15) is 22.4 Å². The summed E-state index contributed by atoms with van der Waals surface area (Å²) in [6.07, 6.45) is 5.06. The molecule has 0 spiro atoms. The number of nitrogens with one attached hydrogen (secondary N) is 1. The second kappa shape index (κ2) is 11.0. The number of carbonyl (C=O) groups is 2. The number of sulfonamides is 1. The van der Waals surface area contributed by atoms with Gasteiger partial charge in [0, 0.05) is 42.0 Å². The Kier molecular flexibility index (Phi) is 7.34. The molecule has 1 saturated carbocycles. The number of benzene rings is 2. The average Bonchev–Trinajstić information content (AvgIpc) is 3.44. The minimum Gasteiger partial charge on any atom is -0.458 e. The number of nitrogens with zero attached hydrogens (tertiary/aromatic N) is 3. The van der Waals surface area contributed by atoms with E-state index >= 15 is 0 Å². The van der Waals surface area contributed by atoms with Crippen LogP contribution in [-0.4, -0.2) is 54.9 Å². The van der Waals surface area contributed by atoms with Crippen LogP contribution in [0.5, 0.6) is 0 Å². The van der Waals surface area contributed by atoms with Gasteiger partial charge in [-0.3, -0.25) is 4.79 Å². The van der Waals surface area contributed by atoms with Gasteiger partial charge in [-0.25, -0.2) is 27.3 Å². The summed E-state index contributed by atoms with van der Waals surface area (Å²) in [5, 5.41) is 5.50. The minimum absolute atomic E-state index is 0.00559. The van der Waals surface area contributed by atoms with E-state index in [2.05, 4.69) is 15.0 Å². The molecule has 2 aromatic carbocycles. The molecule has 1 N–H and O–H groups in total. The van der Waals surface area contributed by atoms with Gasteiger partial charge in [0.15, 0.2) is 16.7 Å². The molecule has 1 aliphatic carbocycles. The number of amides is 1. The van der Waals surface area contributed by atoms with Gasteiger partial charge in [-0.2, -0.15) is 0 Å². The summed E-state index contributed by atoms with van der Waals surface area (Å²) in [7, 11) is -3.81. The second-order valence-corrected chi connectivity index (χ2v) is 15.0. The van der Waals surface area contributed by atoms with Crippen molar-refractivity contribution in [2.45, 2.75) is 62.6 Å².